The van der Waals surface area contributed by atoms with Crippen LogP contribution in [0.1, 0.15) is 33.6 Å². The molecule has 10 nitrogen and oxygen atoms in total. The number of carbonyl (C=O) groups is 1. The third kappa shape index (κ3) is 5.46. The maximum atomic E-state index is 12.4. The molecule has 0 spiro atoms. The van der Waals surface area contributed by atoms with Crippen LogP contribution in [0.5, 0.6) is 0 Å². The molecule has 3 heterocycles. The van der Waals surface area contributed by atoms with Crippen LogP contribution in [0.2, 0.25) is 0 Å². The van der Waals surface area contributed by atoms with Gasteiger partial charge in [0.15, 0.2) is 15.5 Å². The zero-order valence-electron chi connectivity index (χ0n) is 19.9. The van der Waals surface area contributed by atoms with Crippen LogP contribution in [-0.2, 0) is 14.6 Å². The number of likely N-dealkylation sites (tertiary alicyclic amines) is 1. The molecule has 0 aliphatic carbocycles. The molecule has 1 aliphatic rings. The summed E-state index contributed by atoms with van der Waals surface area (Å²) < 4.78 is 29.4. The molecule has 1 aromatic carbocycles. The number of ether oxygens (including phenoxy) is 1. The zero-order valence-corrected chi connectivity index (χ0v) is 20.7. The van der Waals surface area contributed by atoms with Crippen molar-refractivity contribution < 1.29 is 17.9 Å². The Labute approximate surface area is 199 Å². The lowest BCUT2D eigenvalue weighted by atomic mass is 9.96. The molecule has 1 saturated heterocycles. The van der Waals surface area contributed by atoms with E-state index in [2.05, 4.69) is 25.1 Å². The van der Waals surface area contributed by atoms with E-state index in [0.29, 0.717) is 37.0 Å². The first kappa shape index (κ1) is 23.9. The van der Waals surface area contributed by atoms with E-state index in [9.17, 15) is 13.2 Å². The van der Waals surface area contributed by atoms with Crippen molar-refractivity contribution in [3.05, 3.63) is 36.8 Å². The monoisotopic (exact) mass is 486 g/mol. The van der Waals surface area contributed by atoms with Gasteiger partial charge in [-0.25, -0.2) is 23.2 Å². The minimum absolute atomic E-state index is 0.262. The minimum Gasteiger partial charge on any atom is -0.444 e. The van der Waals surface area contributed by atoms with Crippen LogP contribution in [0.25, 0.3) is 11.0 Å². The summed E-state index contributed by atoms with van der Waals surface area (Å²) in [6, 6.07) is 6.80. The van der Waals surface area contributed by atoms with Gasteiger partial charge in [0.05, 0.1) is 16.5 Å². The fraction of sp³-hybridized carbons (Fsp3) is 0.478. The molecule has 0 bridgehead atoms. The third-order valence-corrected chi connectivity index (χ3v) is 6.89. The van der Waals surface area contributed by atoms with Crippen molar-refractivity contribution in [2.75, 3.05) is 30.8 Å². The second-order valence-corrected chi connectivity index (χ2v) is 11.6. The summed E-state index contributed by atoms with van der Waals surface area (Å²) in [7, 11) is -3.30. The van der Waals surface area contributed by atoms with Gasteiger partial charge in [0.25, 0.3) is 0 Å². The van der Waals surface area contributed by atoms with Crippen LogP contribution in [0.4, 0.5) is 16.3 Å². The van der Waals surface area contributed by atoms with Gasteiger partial charge in [-0.2, -0.15) is 5.10 Å². The van der Waals surface area contributed by atoms with Crippen molar-refractivity contribution in [3.63, 3.8) is 0 Å². The van der Waals surface area contributed by atoms with E-state index in [1.807, 2.05) is 20.8 Å². The molecule has 2 aromatic heterocycles. The van der Waals surface area contributed by atoms with Crippen LogP contribution in [-0.4, -0.2) is 71.1 Å². The number of H-pyrrole nitrogens is 1. The summed E-state index contributed by atoms with van der Waals surface area (Å²) in [5.41, 5.74) is 0.928. The number of sulfone groups is 1. The number of nitrogens with one attached hydrogen (secondary N) is 1. The minimum atomic E-state index is -3.30. The Hall–Kier alpha value is -3.21. The number of nitrogens with zero attached hydrogens (tertiary/aromatic N) is 5. The Bertz CT molecular complexity index is 1260. The first-order chi connectivity index (χ1) is 16.0. The van der Waals surface area contributed by atoms with Crippen molar-refractivity contribution >= 4 is 38.5 Å². The molecule has 1 aliphatic heterocycles. The Kier molecular flexibility index (Phi) is 6.48. The number of carbonyl (C=O) groups excluding carboxylic acids is 1. The molecule has 11 heteroatoms. The van der Waals surface area contributed by atoms with Gasteiger partial charge in [-0.3, -0.25) is 5.10 Å². The first-order valence-electron chi connectivity index (χ1n) is 11.2. The van der Waals surface area contributed by atoms with Crippen LogP contribution in [0, 0.1) is 5.92 Å². The average Bonchev–Trinajstić information content (AvgIpc) is 3.25. The maximum absolute atomic E-state index is 12.4. The van der Waals surface area contributed by atoms with Crippen molar-refractivity contribution in [1.82, 2.24) is 25.1 Å². The van der Waals surface area contributed by atoms with Gasteiger partial charge >= 0.3 is 6.09 Å². The Morgan fingerprint density at radius 3 is 2.47 bits per heavy atom. The van der Waals surface area contributed by atoms with E-state index in [1.165, 1.54) is 12.6 Å². The lowest BCUT2D eigenvalue weighted by molar-refractivity contribution is 0.0187. The van der Waals surface area contributed by atoms with Crippen molar-refractivity contribution in [2.24, 2.45) is 5.92 Å². The number of hydrogen-bond acceptors (Lipinski definition) is 8. The molecular formula is C23H30N6O4S. The van der Waals surface area contributed by atoms with Crippen LogP contribution in [0.15, 0.2) is 41.7 Å². The molecular weight excluding hydrogens is 456 g/mol. The highest BCUT2D eigenvalue weighted by atomic mass is 32.2. The summed E-state index contributed by atoms with van der Waals surface area (Å²) in [4.78, 5) is 25.3. The number of amides is 1. The number of benzene rings is 1. The van der Waals surface area contributed by atoms with E-state index in [-0.39, 0.29) is 11.0 Å². The van der Waals surface area contributed by atoms with Crippen LogP contribution in [0.3, 0.4) is 0 Å². The van der Waals surface area contributed by atoms with Gasteiger partial charge < -0.3 is 14.5 Å². The van der Waals surface area contributed by atoms with E-state index in [1.54, 1.807) is 35.4 Å². The van der Waals surface area contributed by atoms with Crippen molar-refractivity contribution in [3.8, 4) is 0 Å². The molecule has 34 heavy (non-hydrogen) atoms. The molecule has 1 fully saturated rings. The average molecular weight is 487 g/mol. The van der Waals surface area contributed by atoms with Gasteiger partial charge in [0, 0.05) is 31.6 Å². The maximum Gasteiger partial charge on any atom is 0.410 e. The lowest BCUT2D eigenvalue weighted by Crippen LogP contribution is -2.43. The second-order valence-electron chi connectivity index (χ2n) is 9.62. The SMILES string of the molecule is CC(C)(C)OC(=O)N1CCC(CN(c2ccc(S(C)(=O)=O)cc2)c2ncnc3[nH]ncc23)CC1. The van der Waals surface area contributed by atoms with Crippen molar-refractivity contribution in [2.45, 2.75) is 44.1 Å². The van der Waals surface area contributed by atoms with E-state index in [0.717, 1.165) is 23.9 Å². The summed E-state index contributed by atoms with van der Waals surface area (Å²) >= 11 is 0. The van der Waals surface area contributed by atoms with Gasteiger partial charge in [-0.1, -0.05) is 0 Å². The predicted molar refractivity (Wildman–Crippen MR) is 129 cm³/mol. The Morgan fingerprint density at radius 1 is 1.18 bits per heavy atom. The number of rotatable bonds is 5. The van der Waals surface area contributed by atoms with Crippen molar-refractivity contribution in [1.29, 1.82) is 0 Å². The van der Waals surface area contributed by atoms with Gasteiger partial charge in [-0.15, -0.1) is 0 Å². The predicted octanol–water partition coefficient (Wildman–Crippen LogP) is 3.54. The second kappa shape index (κ2) is 9.21. The fourth-order valence-electron chi connectivity index (χ4n) is 4.04. The normalized spacial score (nSPS) is 15.5. The standard InChI is InChI=1S/C23H30N6O4S/c1-23(2,3)33-22(30)28-11-9-16(10-12-28)14-29(17-5-7-18(8-6-17)34(4,31)32)21-19-13-26-27-20(19)24-15-25-21/h5-8,13,15-16H,9-12,14H2,1-4H3,(H,24,25,26,27). The highest BCUT2D eigenvalue weighted by Gasteiger charge is 2.29. The van der Waals surface area contributed by atoms with E-state index < -0.39 is 15.4 Å². The highest BCUT2D eigenvalue weighted by Crippen LogP contribution is 2.32. The molecule has 4 rings (SSSR count). The number of hydrogen-bond donors (Lipinski definition) is 1. The Morgan fingerprint density at radius 2 is 1.85 bits per heavy atom. The lowest BCUT2D eigenvalue weighted by Gasteiger charge is -2.36. The number of anilines is 2. The molecule has 1 N–H and O–H groups in total. The zero-order chi connectivity index (χ0) is 24.5. The molecule has 182 valence electrons. The van der Waals surface area contributed by atoms with Crippen LogP contribution >= 0.6 is 0 Å². The van der Waals surface area contributed by atoms with Gasteiger partial charge in [-0.05, 0) is 63.8 Å². The number of piperidine rings is 1. The van der Waals surface area contributed by atoms with Gasteiger partial charge in [0.1, 0.15) is 17.7 Å². The topological polar surface area (TPSA) is 121 Å². The number of fused-ring (bicyclic) bond motifs is 1. The highest BCUT2D eigenvalue weighted by molar-refractivity contribution is 7.90. The largest absolute Gasteiger partial charge is 0.444 e. The summed E-state index contributed by atoms with van der Waals surface area (Å²) in [6.45, 7) is 7.48. The van der Waals surface area contributed by atoms with Crippen LogP contribution < -0.4 is 4.90 Å². The van der Waals surface area contributed by atoms with E-state index >= 15 is 0 Å². The summed E-state index contributed by atoms with van der Waals surface area (Å²) in [5.74, 6) is 0.991. The number of aromatic amines is 1. The number of aromatic nitrogens is 4. The molecule has 0 radical (unpaired) electrons. The Balaban J connectivity index is 1.57. The summed E-state index contributed by atoms with van der Waals surface area (Å²) in [5, 5.41) is 7.75. The summed E-state index contributed by atoms with van der Waals surface area (Å²) in [6.07, 6.45) is 5.72. The quantitative estimate of drug-likeness (QED) is 0.581. The third-order valence-electron chi connectivity index (χ3n) is 5.77. The molecule has 0 saturated carbocycles. The fourth-order valence-corrected chi connectivity index (χ4v) is 4.67. The smallest absolute Gasteiger partial charge is 0.410 e. The van der Waals surface area contributed by atoms with E-state index in [4.69, 9.17) is 4.74 Å². The van der Waals surface area contributed by atoms with Gasteiger partial charge in [0.2, 0.25) is 0 Å². The first-order valence-corrected chi connectivity index (χ1v) is 13.1. The molecule has 0 unspecified atom stereocenters. The molecule has 1 amide bonds. The molecule has 0 atom stereocenters. The molecule has 3 aromatic rings.